The van der Waals surface area contributed by atoms with Gasteiger partial charge in [-0.15, -0.1) is 0 Å². The minimum atomic E-state index is 0.166. The maximum atomic E-state index is 12.3. The SMILES string of the molecule is CO[C@H]1CN(C(=O)CCCOc2ccc(C)c(C)c2)CC[C@@H]1C. The monoisotopic (exact) mass is 319 g/mol. The van der Waals surface area contributed by atoms with E-state index in [0.29, 0.717) is 25.5 Å². The van der Waals surface area contributed by atoms with E-state index in [1.165, 1.54) is 11.1 Å². The molecule has 0 aromatic heterocycles. The molecule has 1 aliphatic rings. The molecule has 2 atom stereocenters. The van der Waals surface area contributed by atoms with Gasteiger partial charge in [-0.3, -0.25) is 4.79 Å². The second-order valence-corrected chi connectivity index (χ2v) is 6.58. The minimum Gasteiger partial charge on any atom is -0.494 e. The normalized spacial score (nSPS) is 21.3. The summed E-state index contributed by atoms with van der Waals surface area (Å²) >= 11 is 0. The molecule has 0 bridgehead atoms. The van der Waals surface area contributed by atoms with Gasteiger partial charge in [0.05, 0.1) is 12.7 Å². The van der Waals surface area contributed by atoms with Crippen molar-refractivity contribution in [1.82, 2.24) is 4.90 Å². The fourth-order valence-electron chi connectivity index (χ4n) is 2.94. The van der Waals surface area contributed by atoms with Gasteiger partial charge in [0.1, 0.15) is 5.75 Å². The molecule has 0 spiro atoms. The van der Waals surface area contributed by atoms with Gasteiger partial charge in [0.25, 0.3) is 0 Å². The minimum absolute atomic E-state index is 0.166. The van der Waals surface area contributed by atoms with Gasteiger partial charge in [-0.05, 0) is 55.9 Å². The molecule has 1 amide bonds. The van der Waals surface area contributed by atoms with Crippen LogP contribution in [-0.2, 0) is 9.53 Å². The van der Waals surface area contributed by atoms with Crippen molar-refractivity contribution in [2.24, 2.45) is 5.92 Å². The first-order valence-electron chi connectivity index (χ1n) is 8.52. The molecule has 4 heteroatoms. The Hall–Kier alpha value is -1.55. The number of ether oxygens (including phenoxy) is 2. The van der Waals surface area contributed by atoms with Gasteiger partial charge in [0.15, 0.2) is 0 Å². The van der Waals surface area contributed by atoms with E-state index >= 15 is 0 Å². The molecule has 1 aliphatic heterocycles. The molecule has 0 radical (unpaired) electrons. The molecular weight excluding hydrogens is 290 g/mol. The van der Waals surface area contributed by atoms with Crippen LogP contribution in [-0.4, -0.2) is 43.7 Å². The Labute approximate surface area is 139 Å². The van der Waals surface area contributed by atoms with Crippen LogP contribution in [0, 0.1) is 19.8 Å². The summed E-state index contributed by atoms with van der Waals surface area (Å²) in [7, 11) is 1.73. The second kappa shape index (κ2) is 8.34. The zero-order chi connectivity index (χ0) is 16.8. The number of hydrogen-bond acceptors (Lipinski definition) is 3. The van der Waals surface area contributed by atoms with Crippen molar-refractivity contribution in [2.45, 2.75) is 46.1 Å². The highest BCUT2D eigenvalue weighted by Gasteiger charge is 2.28. The van der Waals surface area contributed by atoms with E-state index in [2.05, 4.69) is 26.8 Å². The number of carbonyl (C=O) groups is 1. The Kier molecular flexibility index (Phi) is 6.46. The van der Waals surface area contributed by atoms with Gasteiger partial charge < -0.3 is 14.4 Å². The number of carbonyl (C=O) groups excluding carboxylic acids is 1. The number of amides is 1. The first-order chi connectivity index (χ1) is 11.0. The molecule has 0 aliphatic carbocycles. The highest BCUT2D eigenvalue weighted by molar-refractivity contribution is 5.76. The first kappa shape index (κ1) is 17.8. The molecular formula is C19H29NO3. The van der Waals surface area contributed by atoms with Crippen LogP contribution in [0.3, 0.4) is 0 Å². The van der Waals surface area contributed by atoms with E-state index in [4.69, 9.17) is 9.47 Å². The predicted molar refractivity (Wildman–Crippen MR) is 91.8 cm³/mol. The zero-order valence-electron chi connectivity index (χ0n) is 14.8. The van der Waals surface area contributed by atoms with Crippen LogP contribution in [0.15, 0.2) is 18.2 Å². The van der Waals surface area contributed by atoms with E-state index < -0.39 is 0 Å². The van der Waals surface area contributed by atoms with Crippen LogP contribution in [0.25, 0.3) is 0 Å². The Morgan fingerprint density at radius 3 is 2.78 bits per heavy atom. The number of methoxy groups -OCH3 is 1. The van der Waals surface area contributed by atoms with Crippen LogP contribution in [0.5, 0.6) is 5.75 Å². The van der Waals surface area contributed by atoms with E-state index in [1.807, 2.05) is 17.0 Å². The fraction of sp³-hybridized carbons (Fsp3) is 0.632. The van der Waals surface area contributed by atoms with E-state index in [-0.39, 0.29) is 12.0 Å². The molecule has 0 saturated carbocycles. The van der Waals surface area contributed by atoms with Crippen molar-refractivity contribution in [3.05, 3.63) is 29.3 Å². The Morgan fingerprint density at radius 2 is 2.09 bits per heavy atom. The lowest BCUT2D eigenvalue weighted by molar-refractivity contribution is -0.136. The van der Waals surface area contributed by atoms with Crippen molar-refractivity contribution in [3.8, 4) is 5.75 Å². The zero-order valence-corrected chi connectivity index (χ0v) is 14.8. The van der Waals surface area contributed by atoms with E-state index in [9.17, 15) is 4.79 Å². The third-order valence-electron chi connectivity index (χ3n) is 4.83. The number of nitrogens with zero attached hydrogens (tertiary/aromatic N) is 1. The molecule has 0 N–H and O–H groups in total. The largest absolute Gasteiger partial charge is 0.494 e. The highest BCUT2D eigenvalue weighted by atomic mass is 16.5. The third-order valence-corrected chi connectivity index (χ3v) is 4.83. The van der Waals surface area contributed by atoms with Gasteiger partial charge in [0, 0.05) is 26.6 Å². The molecule has 2 rings (SSSR count). The molecule has 4 nitrogen and oxygen atoms in total. The summed E-state index contributed by atoms with van der Waals surface area (Å²) in [6, 6.07) is 6.10. The molecule has 1 aromatic carbocycles. The van der Waals surface area contributed by atoms with Crippen molar-refractivity contribution >= 4 is 5.91 Å². The summed E-state index contributed by atoms with van der Waals surface area (Å²) in [6.07, 6.45) is 2.47. The summed E-state index contributed by atoms with van der Waals surface area (Å²) in [5.41, 5.74) is 2.49. The lowest BCUT2D eigenvalue weighted by Gasteiger charge is -2.36. The number of likely N-dealkylation sites (tertiary alicyclic amines) is 1. The number of rotatable bonds is 6. The molecule has 1 aromatic rings. The third kappa shape index (κ3) is 4.96. The van der Waals surface area contributed by atoms with Gasteiger partial charge in [0.2, 0.25) is 5.91 Å². The number of aryl methyl sites for hydroxylation is 2. The average molecular weight is 319 g/mol. The summed E-state index contributed by atoms with van der Waals surface area (Å²) in [5, 5.41) is 0. The Morgan fingerprint density at radius 1 is 1.30 bits per heavy atom. The molecule has 23 heavy (non-hydrogen) atoms. The van der Waals surface area contributed by atoms with E-state index in [0.717, 1.165) is 25.1 Å². The second-order valence-electron chi connectivity index (χ2n) is 6.58. The topological polar surface area (TPSA) is 38.8 Å². The number of piperidine rings is 1. The summed E-state index contributed by atoms with van der Waals surface area (Å²) in [5.74, 6) is 1.62. The number of benzene rings is 1. The summed E-state index contributed by atoms with van der Waals surface area (Å²) in [6.45, 7) is 8.49. The highest BCUT2D eigenvalue weighted by Crippen LogP contribution is 2.20. The molecule has 1 heterocycles. The summed E-state index contributed by atoms with van der Waals surface area (Å²) in [4.78, 5) is 14.2. The van der Waals surface area contributed by atoms with Gasteiger partial charge in [-0.25, -0.2) is 0 Å². The predicted octanol–water partition coefficient (Wildman–Crippen LogP) is 3.35. The smallest absolute Gasteiger partial charge is 0.222 e. The Bertz CT molecular complexity index is 529. The Balaban J connectivity index is 1.71. The average Bonchev–Trinajstić information content (AvgIpc) is 2.55. The molecule has 1 fully saturated rings. The van der Waals surface area contributed by atoms with Crippen LogP contribution < -0.4 is 4.74 Å². The van der Waals surface area contributed by atoms with Crippen molar-refractivity contribution in [1.29, 1.82) is 0 Å². The van der Waals surface area contributed by atoms with Crippen LogP contribution in [0.1, 0.15) is 37.3 Å². The molecule has 0 unspecified atom stereocenters. The quantitative estimate of drug-likeness (QED) is 0.755. The fourth-order valence-corrected chi connectivity index (χ4v) is 2.94. The molecule has 1 saturated heterocycles. The van der Waals surface area contributed by atoms with Gasteiger partial charge in [-0.1, -0.05) is 13.0 Å². The van der Waals surface area contributed by atoms with Crippen LogP contribution >= 0.6 is 0 Å². The lowest BCUT2D eigenvalue weighted by atomic mass is 9.95. The standard InChI is InChI=1S/C19H29NO3/c1-14-7-8-17(12-16(14)3)23-11-5-6-19(21)20-10-9-15(2)18(13-20)22-4/h7-8,12,15,18H,5-6,9-11,13H2,1-4H3/t15-,18-/m0/s1. The van der Waals surface area contributed by atoms with Crippen LogP contribution in [0.4, 0.5) is 0 Å². The van der Waals surface area contributed by atoms with Crippen molar-refractivity contribution in [2.75, 3.05) is 26.8 Å². The summed E-state index contributed by atoms with van der Waals surface area (Å²) < 4.78 is 11.2. The van der Waals surface area contributed by atoms with Crippen LogP contribution in [0.2, 0.25) is 0 Å². The van der Waals surface area contributed by atoms with Crippen molar-refractivity contribution < 1.29 is 14.3 Å². The van der Waals surface area contributed by atoms with Gasteiger partial charge in [-0.2, -0.15) is 0 Å². The van der Waals surface area contributed by atoms with E-state index in [1.54, 1.807) is 7.11 Å². The maximum absolute atomic E-state index is 12.3. The van der Waals surface area contributed by atoms with Gasteiger partial charge >= 0.3 is 0 Å². The molecule has 128 valence electrons. The first-order valence-corrected chi connectivity index (χ1v) is 8.52. The van der Waals surface area contributed by atoms with Crippen molar-refractivity contribution in [3.63, 3.8) is 0 Å². The maximum Gasteiger partial charge on any atom is 0.222 e. The number of hydrogen-bond donors (Lipinski definition) is 0. The lowest BCUT2D eigenvalue weighted by Crippen LogP contribution is -2.46.